The van der Waals surface area contributed by atoms with E-state index in [1.165, 1.54) is 4.90 Å². The Balaban J connectivity index is 1.70. The van der Waals surface area contributed by atoms with Crippen LogP contribution in [0.15, 0.2) is 47.6 Å². The van der Waals surface area contributed by atoms with Gasteiger partial charge in [-0.05, 0) is 107 Å². The number of Topliss-reactive ketones (excluding diaryl/α,β-unsaturated/α-hetero) is 3. The Bertz CT molecular complexity index is 1750. The molecule has 3 fully saturated rings. The van der Waals surface area contributed by atoms with Crippen LogP contribution in [-0.2, 0) is 47.7 Å². The molecule has 2 bridgehead atoms. The number of allylic oxidation sites excluding steroid dienone is 6. The van der Waals surface area contributed by atoms with Crippen molar-refractivity contribution in [1.29, 1.82) is 0 Å². The number of hydrogen-bond donors (Lipinski definition) is 1. The van der Waals surface area contributed by atoms with E-state index in [0.717, 1.165) is 30.4 Å². The molecule has 0 aromatic carbocycles. The number of amides is 1. The first-order chi connectivity index (χ1) is 30.7. The molecule has 0 aromatic heterocycles. The number of carbonyl (C=O) groups excluding carboxylic acids is 5. The van der Waals surface area contributed by atoms with E-state index in [1.54, 1.807) is 28.3 Å². The van der Waals surface area contributed by atoms with Crippen molar-refractivity contribution in [2.45, 2.75) is 182 Å². The molecule has 4 aliphatic rings. The minimum Gasteiger partial charge on any atom is -0.460 e. The van der Waals surface area contributed by atoms with E-state index in [0.29, 0.717) is 56.8 Å². The number of nitrogens with zero attached hydrogens (tertiary/aromatic N) is 1. The van der Waals surface area contributed by atoms with Crippen molar-refractivity contribution in [2.24, 2.45) is 47.3 Å². The molecular formula is C53H83NO11. The van der Waals surface area contributed by atoms with Crippen molar-refractivity contribution in [3.05, 3.63) is 47.6 Å². The lowest BCUT2D eigenvalue weighted by Gasteiger charge is -2.42. The average Bonchev–Trinajstić information content (AvgIpc) is 3.28. The molecule has 0 aromatic rings. The van der Waals surface area contributed by atoms with Crippen LogP contribution in [0.5, 0.6) is 0 Å². The second-order valence-corrected chi connectivity index (χ2v) is 20.3. The molecule has 1 saturated carbocycles. The van der Waals surface area contributed by atoms with Crippen molar-refractivity contribution in [1.82, 2.24) is 4.90 Å². The average molecular weight is 910 g/mol. The first-order valence-electron chi connectivity index (χ1n) is 24.6. The second-order valence-electron chi connectivity index (χ2n) is 20.3. The fraction of sp³-hybridized carbons (Fsp3) is 0.755. The molecule has 1 amide bonds. The quantitative estimate of drug-likeness (QED) is 0.155. The monoisotopic (exact) mass is 910 g/mol. The van der Waals surface area contributed by atoms with Gasteiger partial charge in [-0.1, -0.05) is 90.5 Å². The predicted molar refractivity (Wildman–Crippen MR) is 251 cm³/mol. The van der Waals surface area contributed by atoms with Gasteiger partial charge in [0, 0.05) is 64.4 Å². The van der Waals surface area contributed by atoms with Crippen molar-refractivity contribution in [3.8, 4) is 0 Å². The molecule has 1 unspecified atom stereocenters. The van der Waals surface area contributed by atoms with Crippen LogP contribution < -0.4 is 0 Å². The van der Waals surface area contributed by atoms with E-state index >= 15 is 0 Å². The van der Waals surface area contributed by atoms with Gasteiger partial charge in [0.2, 0.25) is 5.79 Å². The van der Waals surface area contributed by atoms with Gasteiger partial charge in [0.15, 0.2) is 5.78 Å². The number of fused-ring (bicyclic) bond motifs is 3. The van der Waals surface area contributed by atoms with Crippen molar-refractivity contribution >= 4 is 29.2 Å². The Labute approximate surface area is 390 Å². The molecule has 4 rings (SSSR count). The third kappa shape index (κ3) is 14.4. The van der Waals surface area contributed by atoms with Gasteiger partial charge >= 0.3 is 5.97 Å². The Morgan fingerprint density at radius 2 is 1.55 bits per heavy atom. The van der Waals surface area contributed by atoms with E-state index in [-0.39, 0.29) is 66.8 Å². The summed E-state index contributed by atoms with van der Waals surface area (Å²) < 4.78 is 30.1. The van der Waals surface area contributed by atoms with Crippen LogP contribution >= 0.6 is 0 Å². The van der Waals surface area contributed by atoms with Crippen LogP contribution in [0.4, 0.5) is 0 Å². The number of ketones is 3. The number of piperidine rings is 1. The molecule has 2 saturated heterocycles. The van der Waals surface area contributed by atoms with E-state index in [2.05, 4.69) is 19.9 Å². The molecule has 366 valence electrons. The maximum atomic E-state index is 14.4. The number of cyclic esters (lactones) is 1. The highest BCUT2D eigenvalue weighted by atomic mass is 16.6. The summed E-state index contributed by atoms with van der Waals surface area (Å²) >= 11 is 0. The Kier molecular flexibility index (Phi) is 21.0. The lowest BCUT2D eigenvalue weighted by Crippen LogP contribution is -2.61. The highest BCUT2D eigenvalue weighted by Gasteiger charge is 2.53. The maximum absolute atomic E-state index is 14.4. The fourth-order valence-electron chi connectivity index (χ4n) is 10.6. The number of aliphatic hydroxyl groups is 1. The van der Waals surface area contributed by atoms with Crippen molar-refractivity contribution in [2.75, 3.05) is 27.9 Å². The van der Waals surface area contributed by atoms with Gasteiger partial charge < -0.3 is 33.7 Å². The lowest BCUT2D eigenvalue weighted by molar-refractivity contribution is -0.265. The molecular weight excluding hydrogens is 827 g/mol. The molecule has 15 atom stereocenters. The van der Waals surface area contributed by atoms with Gasteiger partial charge in [-0.3, -0.25) is 19.2 Å². The van der Waals surface area contributed by atoms with Gasteiger partial charge in [-0.15, -0.1) is 0 Å². The fourth-order valence-corrected chi connectivity index (χ4v) is 10.6. The van der Waals surface area contributed by atoms with Crippen LogP contribution in [0, 0.1) is 47.3 Å². The van der Waals surface area contributed by atoms with Crippen LogP contribution in [0.25, 0.3) is 0 Å². The van der Waals surface area contributed by atoms with E-state index in [9.17, 15) is 29.1 Å². The standard InChI is InChI=1S/C53H83NO11/c1-32-18-14-13-15-19-33(2)46(62-11)30-42-24-22-39(8)53(60,65-42)50(57)51(58)54-25-17-16-20-43(54)52(59)64-47(37(6)28-41-23-21-34(3)45(29-41)61-10)31-44(55)36(5)27-35(4)40(9)49(63-12)48(56)38(7)26-32/h13-15,18-19,27,32,34,36-43,45-47,49,60H,16-17,20-26,28-31H2,1-12H3/b15-13+,18-14+,33-19+,35-27+/t32-,34-,36-,37-,38-,39-,40-,41+,42?,43+,45-,46+,47+,49-,53-/m1/s1. The zero-order valence-electron chi connectivity index (χ0n) is 41.7. The molecule has 0 spiro atoms. The number of methoxy groups -OCH3 is 3. The van der Waals surface area contributed by atoms with Crippen molar-refractivity contribution in [3.63, 3.8) is 0 Å². The van der Waals surface area contributed by atoms with E-state index in [4.69, 9.17) is 23.7 Å². The maximum Gasteiger partial charge on any atom is 0.329 e. The summed E-state index contributed by atoms with van der Waals surface area (Å²) in [7, 11) is 4.90. The Morgan fingerprint density at radius 1 is 0.831 bits per heavy atom. The summed E-state index contributed by atoms with van der Waals surface area (Å²) in [6, 6.07) is -1.07. The van der Waals surface area contributed by atoms with E-state index < -0.39 is 59.6 Å². The number of carbonyl (C=O) groups is 5. The third-order valence-electron chi connectivity index (χ3n) is 15.3. The third-order valence-corrected chi connectivity index (χ3v) is 15.3. The summed E-state index contributed by atoms with van der Waals surface area (Å²) in [5.74, 6) is -6.38. The smallest absolute Gasteiger partial charge is 0.329 e. The Morgan fingerprint density at radius 3 is 2.23 bits per heavy atom. The summed E-state index contributed by atoms with van der Waals surface area (Å²) in [5, 5.41) is 12.0. The first-order valence-corrected chi connectivity index (χ1v) is 24.6. The highest BCUT2D eigenvalue weighted by molar-refractivity contribution is 6.39. The van der Waals surface area contributed by atoms with Crippen LogP contribution in [0.2, 0.25) is 0 Å². The van der Waals surface area contributed by atoms with Gasteiger partial charge in [-0.25, -0.2) is 4.79 Å². The number of hydrogen-bond acceptors (Lipinski definition) is 11. The molecule has 12 heteroatoms. The van der Waals surface area contributed by atoms with E-state index in [1.807, 2.05) is 71.9 Å². The number of rotatable bonds is 6. The highest BCUT2D eigenvalue weighted by Crippen LogP contribution is 2.38. The summed E-state index contributed by atoms with van der Waals surface area (Å²) in [5.41, 5.74) is 1.77. The minimum atomic E-state index is -2.39. The lowest BCUT2D eigenvalue weighted by atomic mass is 9.76. The molecule has 3 heterocycles. The second kappa shape index (κ2) is 25.2. The largest absolute Gasteiger partial charge is 0.460 e. The first kappa shape index (κ1) is 54.3. The van der Waals surface area contributed by atoms with Crippen LogP contribution in [0.3, 0.4) is 0 Å². The molecule has 1 N–H and O–H groups in total. The molecule has 65 heavy (non-hydrogen) atoms. The van der Waals surface area contributed by atoms with Crippen LogP contribution in [0.1, 0.15) is 139 Å². The molecule has 1 aliphatic carbocycles. The van der Waals surface area contributed by atoms with Gasteiger partial charge in [0.1, 0.15) is 24.0 Å². The predicted octanol–water partition coefficient (Wildman–Crippen LogP) is 8.73. The summed E-state index contributed by atoms with van der Waals surface area (Å²) in [6.07, 6.45) is 16.4. The summed E-state index contributed by atoms with van der Waals surface area (Å²) in [4.78, 5) is 72.3. The zero-order valence-corrected chi connectivity index (χ0v) is 41.7. The van der Waals surface area contributed by atoms with Gasteiger partial charge in [0.05, 0.1) is 18.3 Å². The normalized spacial score (nSPS) is 40.4. The Hall–Kier alpha value is -3.29. The number of ether oxygens (including phenoxy) is 5. The van der Waals surface area contributed by atoms with Gasteiger partial charge in [-0.2, -0.15) is 0 Å². The number of esters is 1. The van der Waals surface area contributed by atoms with Crippen molar-refractivity contribution < 1.29 is 52.8 Å². The molecule has 12 nitrogen and oxygen atoms in total. The van der Waals surface area contributed by atoms with Crippen LogP contribution in [-0.4, -0.2) is 109 Å². The summed E-state index contributed by atoms with van der Waals surface area (Å²) in [6.45, 7) is 17.7. The molecule has 0 radical (unpaired) electrons. The topological polar surface area (TPSA) is 155 Å². The SMILES string of the molecule is CO[C@H]1CC2CC[C@@H](C)[C@@](O)(O2)C(=O)C(=O)N2CCCC[C@H]2C(=O)O[C@H]([C@H](C)C[C@@H]2CC[C@@H](C)[C@H](OC)C2)CC(=O)[C@H](C)/C=C(\C)[C@@H](C)[C@@H](OC)C(=O)[C@H](C)C[C@H](C)/C=C/C=C/C=C/1C. The van der Waals surface area contributed by atoms with Gasteiger partial charge in [0.25, 0.3) is 11.7 Å². The molecule has 3 aliphatic heterocycles. The zero-order chi connectivity index (χ0) is 48.2. The minimum absolute atomic E-state index is 0.0102.